The molecule has 0 aliphatic heterocycles. The summed E-state index contributed by atoms with van der Waals surface area (Å²) in [7, 11) is 0. The van der Waals surface area contributed by atoms with Crippen LogP contribution in [-0.4, -0.2) is 4.98 Å². The Hall–Kier alpha value is -0.990. The standard InChI is InChI=1S/C11H10Cl2N2/c1-5-6(2)15-11-8(10(5)14)3-7(12)4-9(11)13/h3-4H,1-2H3,(H2,14,15). The monoisotopic (exact) mass is 240 g/mol. The minimum atomic E-state index is 0.535. The third-order valence-corrected chi connectivity index (χ3v) is 3.05. The molecular formula is C11H10Cl2N2. The third-order valence-electron chi connectivity index (χ3n) is 2.54. The number of aryl methyl sites for hydroxylation is 1. The second-order valence-corrected chi connectivity index (χ2v) is 4.36. The number of nitrogens with two attached hydrogens (primary N) is 1. The molecular weight excluding hydrogens is 231 g/mol. The first-order valence-corrected chi connectivity index (χ1v) is 5.27. The zero-order valence-corrected chi connectivity index (χ0v) is 9.95. The van der Waals surface area contributed by atoms with Crippen molar-refractivity contribution in [2.24, 2.45) is 0 Å². The summed E-state index contributed by atoms with van der Waals surface area (Å²) in [6.45, 7) is 3.85. The molecule has 0 saturated carbocycles. The summed E-state index contributed by atoms with van der Waals surface area (Å²) in [6.07, 6.45) is 0. The minimum absolute atomic E-state index is 0.535. The molecule has 1 aromatic carbocycles. The second-order valence-electron chi connectivity index (χ2n) is 3.52. The Kier molecular flexibility index (Phi) is 2.49. The van der Waals surface area contributed by atoms with Crippen molar-refractivity contribution < 1.29 is 0 Å². The maximum Gasteiger partial charge on any atom is 0.0913 e. The Labute approximate surface area is 98.0 Å². The zero-order valence-electron chi connectivity index (χ0n) is 8.44. The SMILES string of the molecule is Cc1nc2c(Cl)cc(Cl)cc2c(N)c1C. The second kappa shape index (κ2) is 3.54. The Balaban J connectivity index is 2.98. The van der Waals surface area contributed by atoms with Crippen molar-refractivity contribution in [2.45, 2.75) is 13.8 Å². The van der Waals surface area contributed by atoms with E-state index < -0.39 is 0 Å². The number of benzene rings is 1. The lowest BCUT2D eigenvalue weighted by molar-refractivity contribution is 1.20. The third kappa shape index (κ3) is 1.64. The van der Waals surface area contributed by atoms with Gasteiger partial charge in [-0.15, -0.1) is 0 Å². The van der Waals surface area contributed by atoms with Crippen LogP contribution in [0.2, 0.25) is 10.0 Å². The summed E-state index contributed by atoms with van der Waals surface area (Å²) < 4.78 is 0. The summed E-state index contributed by atoms with van der Waals surface area (Å²) in [5.41, 5.74) is 9.27. The van der Waals surface area contributed by atoms with Crippen molar-refractivity contribution in [3.63, 3.8) is 0 Å². The van der Waals surface area contributed by atoms with Gasteiger partial charge in [-0.25, -0.2) is 0 Å². The van der Waals surface area contributed by atoms with Gasteiger partial charge in [0.2, 0.25) is 0 Å². The van der Waals surface area contributed by atoms with E-state index in [-0.39, 0.29) is 0 Å². The van der Waals surface area contributed by atoms with Crippen molar-refractivity contribution in [1.29, 1.82) is 0 Å². The van der Waals surface area contributed by atoms with Crippen LogP contribution in [0.3, 0.4) is 0 Å². The van der Waals surface area contributed by atoms with E-state index in [4.69, 9.17) is 28.9 Å². The molecule has 0 unspecified atom stereocenters. The number of aromatic nitrogens is 1. The summed E-state index contributed by atoms with van der Waals surface area (Å²) >= 11 is 12.0. The van der Waals surface area contributed by atoms with Crippen molar-refractivity contribution in [2.75, 3.05) is 5.73 Å². The fourth-order valence-corrected chi connectivity index (χ4v) is 2.07. The number of anilines is 1. The van der Waals surface area contributed by atoms with Gasteiger partial charge in [-0.3, -0.25) is 4.98 Å². The van der Waals surface area contributed by atoms with Crippen molar-refractivity contribution >= 4 is 39.8 Å². The van der Waals surface area contributed by atoms with Crippen molar-refractivity contribution in [3.8, 4) is 0 Å². The Bertz CT molecular complexity index is 550. The molecule has 2 nitrogen and oxygen atoms in total. The van der Waals surface area contributed by atoms with E-state index in [1.54, 1.807) is 12.1 Å². The molecule has 0 radical (unpaired) electrons. The average molecular weight is 241 g/mol. The first-order valence-electron chi connectivity index (χ1n) is 4.52. The molecule has 0 bridgehead atoms. The molecule has 0 aliphatic carbocycles. The predicted octanol–water partition coefficient (Wildman–Crippen LogP) is 3.74. The highest BCUT2D eigenvalue weighted by Gasteiger charge is 2.10. The molecule has 2 aromatic rings. The Morgan fingerprint density at radius 2 is 1.87 bits per heavy atom. The van der Waals surface area contributed by atoms with Crippen LogP contribution in [0, 0.1) is 13.8 Å². The van der Waals surface area contributed by atoms with Crippen LogP contribution in [0.4, 0.5) is 5.69 Å². The van der Waals surface area contributed by atoms with Crippen LogP contribution < -0.4 is 5.73 Å². The van der Waals surface area contributed by atoms with Gasteiger partial charge in [-0.05, 0) is 31.5 Å². The van der Waals surface area contributed by atoms with Crippen molar-refractivity contribution in [3.05, 3.63) is 33.4 Å². The van der Waals surface area contributed by atoms with Crippen molar-refractivity contribution in [1.82, 2.24) is 4.98 Å². The molecule has 0 amide bonds. The van der Waals surface area contributed by atoms with Gasteiger partial charge in [-0.2, -0.15) is 0 Å². The normalized spacial score (nSPS) is 10.9. The molecule has 0 aliphatic rings. The van der Waals surface area contributed by atoms with E-state index in [9.17, 15) is 0 Å². The fraction of sp³-hybridized carbons (Fsp3) is 0.182. The molecule has 1 heterocycles. The number of fused-ring (bicyclic) bond motifs is 1. The maximum atomic E-state index is 6.06. The van der Waals surface area contributed by atoms with E-state index in [0.717, 1.165) is 16.6 Å². The van der Waals surface area contributed by atoms with E-state index in [1.165, 1.54) is 0 Å². The molecule has 0 fully saturated rings. The first-order chi connectivity index (χ1) is 7.00. The van der Waals surface area contributed by atoms with Crippen LogP contribution in [0.5, 0.6) is 0 Å². The van der Waals surface area contributed by atoms with Gasteiger partial charge in [-0.1, -0.05) is 23.2 Å². The molecule has 0 saturated heterocycles. The summed E-state index contributed by atoms with van der Waals surface area (Å²) in [5.74, 6) is 0. The lowest BCUT2D eigenvalue weighted by atomic mass is 10.1. The number of halogens is 2. The van der Waals surface area contributed by atoms with Gasteiger partial charge < -0.3 is 5.73 Å². The highest BCUT2D eigenvalue weighted by molar-refractivity contribution is 6.38. The zero-order chi connectivity index (χ0) is 11.2. The Morgan fingerprint density at radius 1 is 1.20 bits per heavy atom. The lowest BCUT2D eigenvalue weighted by Gasteiger charge is -2.09. The number of nitrogen functional groups attached to an aromatic ring is 1. The number of hydrogen-bond acceptors (Lipinski definition) is 2. The molecule has 1 aromatic heterocycles. The Morgan fingerprint density at radius 3 is 2.53 bits per heavy atom. The number of hydrogen-bond donors (Lipinski definition) is 1. The smallest absolute Gasteiger partial charge is 0.0913 e. The fourth-order valence-electron chi connectivity index (χ4n) is 1.53. The summed E-state index contributed by atoms with van der Waals surface area (Å²) in [4.78, 5) is 4.41. The highest BCUT2D eigenvalue weighted by Crippen LogP contribution is 2.32. The van der Waals surface area contributed by atoms with Gasteiger partial charge in [0.15, 0.2) is 0 Å². The van der Waals surface area contributed by atoms with Crippen LogP contribution >= 0.6 is 23.2 Å². The number of pyridine rings is 1. The minimum Gasteiger partial charge on any atom is -0.398 e. The molecule has 0 spiro atoms. The van der Waals surface area contributed by atoms with Gasteiger partial charge in [0.1, 0.15) is 0 Å². The largest absolute Gasteiger partial charge is 0.398 e. The predicted molar refractivity (Wildman–Crippen MR) is 65.6 cm³/mol. The highest BCUT2D eigenvalue weighted by atomic mass is 35.5. The van der Waals surface area contributed by atoms with Crippen LogP contribution in [-0.2, 0) is 0 Å². The van der Waals surface area contributed by atoms with E-state index in [0.29, 0.717) is 21.2 Å². The van der Waals surface area contributed by atoms with Gasteiger partial charge in [0.25, 0.3) is 0 Å². The lowest BCUT2D eigenvalue weighted by Crippen LogP contribution is -1.97. The van der Waals surface area contributed by atoms with Crippen LogP contribution in [0.25, 0.3) is 10.9 Å². The topological polar surface area (TPSA) is 38.9 Å². The molecule has 2 rings (SSSR count). The van der Waals surface area contributed by atoms with E-state index in [1.807, 2.05) is 13.8 Å². The average Bonchev–Trinajstić information content (AvgIpc) is 2.17. The quantitative estimate of drug-likeness (QED) is 0.762. The van der Waals surface area contributed by atoms with Gasteiger partial charge in [0.05, 0.1) is 10.5 Å². The molecule has 15 heavy (non-hydrogen) atoms. The van der Waals surface area contributed by atoms with E-state index >= 15 is 0 Å². The molecule has 78 valence electrons. The maximum absolute atomic E-state index is 6.06. The molecule has 2 N–H and O–H groups in total. The van der Waals surface area contributed by atoms with E-state index in [2.05, 4.69) is 4.98 Å². The van der Waals surface area contributed by atoms with Crippen LogP contribution in [0.15, 0.2) is 12.1 Å². The molecule has 4 heteroatoms. The summed E-state index contributed by atoms with van der Waals surface area (Å²) in [5, 5.41) is 1.92. The van der Waals surface area contributed by atoms with Crippen LogP contribution in [0.1, 0.15) is 11.3 Å². The number of nitrogens with zero attached hydrogens (tertiary/aromatic N) is 1. The number of rotatable bonds is 0. The summed E-state index contributed by atoms with van der Waals surface area (Å²) in [6, 6.07) is 3.46. The van der Waals surface area contributed by atoms with Gasteiger partial charge in [0, 0.05) is 21.8 Å². The van der Waals surface area contributed by atoms with Gasteiger partial charge >= 0.3 is 0 Å². The molecule has 0 atom stereocenters. The first kappa shape index (κ1) is 10.5.